The van der Waals surface area contributed by atoms with Gasteiger partial charge in [-0.3, -0.25) is 19.7 Å². The summed E-state index contributed by atoms with van der Waals surface area (Å²) in [6, 6.07) is 18.1. The van der Waals surface area contributed by atoms with Gasteiger partial charge in [-0.2, -0.15) is 0 Å². The van der Waals surface area contributed by atoms with Crippen molar-refractivity contribution in [2.24, 2.45) is 0 Å². The molecule has 1 aromatic heterocycles. The number of hydrogen-bond acceptors (Lipinski definition) is 6. The molecular formula is C20H12N2O5S. The van der Waals surface area contributed by atoms with Gasteiger partial charge in [-0.25, -0.2) is 4.90 Å². The standard InChI is InChI=1S/C20H12N2O5S/c23-19-18(28-20(24)21(19)13-6-2-1-3-7-13)12-14-10-11-17(27-14)15-8-4-5-9-16(15)22(25)26/h1-12H. The van der Waals surface area contributed by atoms with Crippen molar-refractivity contribution >= 4 is 40.4 Å². The molecular weight excluding hydrogens is 380 g/mol. The van der Waals surface area contributed by atoms with Crippen LogP contribution in [0.5, 0.6) is 0 Å². The van der Waals surface area contributed by atoms with E-state index >= 15 is 0 Å². The number of furan rings is 1. The minimum atomic E-state index is -0.483. The van der Waals surface area contributed by atoms with Crippen LogP contribution in [0, 0.1) is 10.1 Å². The van der Waals surface area contributed by atoms with Gasteiger partial charge in [0, 0.05) is 12.1 Å². The third kappa shape index (κ3) is 3.21. The highest BCUT2D eigenvalue weighted by Crippen LogP contribution is 2.37. The van der Waals surface area contributed by atoms with Gasteiger partial charge >= 0.3 is 0 Å². The SMILES string of the molecule is O=C1SC(=Cc2ccc(-c3ccccc3[N+](=O)[O-])o2)C(=O)N1c1ccccc1. The van der Waals surface area contributed by atoms with Crippen LogP contribution >= 0.6 is 11.8 Å². The van der Waals surface area contributed by atoms with Crippen molar-refractivity contribution < 1.29 is 18.9 Å². The van der Waals surface area contributed by atoms with Crippen molar-refractivity contribution in [3.05, 3.63) is 87.5 Å². The number of para-hydroxylation sites is 2. The summed E-state index contributed by atoms with van der Waals surface area (Å²) >= 11 is 0.815. The first kappa shape index (κ1) is 17.7. The van der Waals surface area contributed by atoms with Gasteiger partial charge in [-0.05, 0) is 42.1 Å². The van der Waals surface area contributed by atoms with Crippen molar-refractivity contribution in [2.75, 3.05) is 4.90 Å². The molecule has 28 heavy (non-hydrogen) atoms. The average Bonchev–Trinajstić information content (AvgIpc) is 3.27. The minimum Gasteiger partial charge on any atom is -0.456 e. The summed E-state index contributed by atoms with van der Waals surface area (Å²) in [5, 5.41) is 10.8. The Labute approximate surface area is 163 Å². The van der Waals surface area contributed by atoms with Crippen LogP contribution in [0.4, 0.5) is 16.2 Å². The van der Waals surface area contributed by atoms with Crippen LogP contribution in [0.2, 0.25) is 0 Å². The van der Waals surface area contributed by atoms with E-state index in [1.807, 2.05) is 0 Å². The summed E-state index contributed by atoms with van der Waals surface area (Å²) in [7, 11) is 0. The first-order chi connectivity index (χ1) is 13.5. The number of imide groups is 1. The number of anilines is 1. The lowest BCUT2D eigenvalue weighted by Gasteiger charge is -2.11. The van der Waals surface area contributed by atoms with Gasteiger partial charge in [0.1, 0.15) is 11.5 Å². The molecule has 1 aliphatic heterocycles. The highest BCUT2D eigenvalue weighted by Gasteiger charge is 2.36. The molecule has 138 valence electrons. The highest BCUT2D eigenvalue weighted by atomic mass is 32.2. The topological polar surface area (TPSA) is 93.7 Å². The zero-order valence-electron chi connectivity index (χ0n) is 14.3. The Kier molecular flexibility index (Phi) is 4.54. The molecule has 0 N–H and O–H groups in total. The van der Waals surface area contributed by atoms with E-state index < -0.39 is 16.1 Å². The molecule has 1 saturated heterocycles. The second kappa shape index (κ2) is 7.16. The van der Waals surface area contributed by atoms with Crippen LogP contribution in [-0.4, -0.2) is 16.1 Å². The van der Waals surface area contributed by atoms with Crippen molar-refractivity contribution in [3.8, 4) is 11.3 Å². The van der Waals surface area contributed by atoms with Crippen LogP contribution in [0.25, 0.3) is 17.4 Å². The van der Waals surface area contributed by atoms with E-state index in [9.17, 15) is 19.7 Å². The Bertz CT molecular complexity index is 1120. The second-order valence-electron chi connectivity index (χ2n) is 5.83. The molecule has 1 aliphatic rings. The Balaban J connectivity index is 1.64. The number of carbonyl (C=O) groups is 2. The molecule has 2 heterocycles. The summed E-state index contributed by atoms with van der Waals surface area (Å²) in [4.78, 5) is 36.9. The molecule has 1 fully saturated rings. The molecule has 0 aliphatic carbocycles. The molecule has 7 nitrogen and oxygen atoms in total. The first-order valence-electron chi connectivity index (χ1n) is 8.21. The van der Waals surface area contributed by atoms with Gasteiger partial charge in [-0.1, -0.05) is 30.3 Å². The predicted octanol–water partition coefficient (Wildman–Crippen LogP) is 5.10. The van der Waals surface area contributed by atoms with Crippen LogP contribution in [0.1, 0.15) is 5.76 Å². The number of rotatable bonds is 4. The number of thioether (sulfide) groups is 1. The summed E-state index contributed by atoms with van der Waals surface area (Å²) in [5.41, 5.74) is 0.755. The minimum absolute atomic E-state index is 0.0761. The van der Waals surface area contributed by atoms with E-state index in [2.05, 4.69) is 0 Å². The average molecular weight is 392 g/mol. The predicted molar refractivity (Wildman–Crippen MR) is 106 cm³/mol. The Morgan fingerprint density at radius 1 is 0.964 bits per heavy atom. The normalized spacial score (nSPS) is 15.4. The molecule has 0 atom stereocenters. The highest BCUT2D eigenvalue weighted by molar-refractivity contribution is 8.19. The van der Waals surface area contributed by atoms with Gasteiger partial charge in [0.05, 0.1) is 21.1 Å². The molecule has 0 spiro atoms. The third-order valence-electron chi connectivity index (χ3n) is 4.07. The number of nitrogens with zero attached hydrogens (tertiary/aromatic N) is 2. The maximum Gasteiger partial charge on any atom is 0.298 e. The maximum atomic E-state index is 12.6. The second-order valence-corrected chi connectivity index (χ2v) is 6.82. The van der Waals surface area contributed by atoms with Crippen LogP contribution in [0.15, 0.2) is 76.1 Å². The maximum absolute atomic E-state index is 12.6. The van der Waals surface area contributed by atoms with E-state index in [-0.39, 0.29) is 10.6 Å². The molecule has 0 radical (unpaired) electrons. The molecule has 4 rings (SSSR count). The molecule has 0 saturated carbocycles. The number of carbonyl (C=O) groups excluding carboxylic acids is 2. The van der Waals surface area contributed by atoms with Crippen LogP contribution in [0.3, 0.4) is 0 Å². The molecule has 2 amide bonds. The fraction of sp³-hybridized carbons (Fsp3) is 0. The van der Waals surface area contributed by atoms with Crippen molar-refractivity contribution in [2.45, 2.75) is 0 Å². The smallest absolute Gasteiger partial charge is 0.298 e. The van der Waals surface area contributed by atoms with Crippen LogP contribution < -0.4 is 4.90 Å². The van der Waals surface area contributed by atoms with Gasteiger partial charge in [0.15, 0.2) is 0 Å². The Morgan fingerprint density at radius 2 is 1.68 bits per heavy atom. The monoisotopic (exact) mass is 392 g/mol. The largest absolute Gasteiger partial charge is 0.456 e. The fourth-order valence-corrected chi connectivity index (χ4v) is 3.63. The molecule has 3 aromatic rings. The van der Waals surface area contributed by atoms with Crippen LogP contribution in [-0.2, 0) is 4.79 Å². The lowest BCUT2D eigenvalue weighted by Crippen LogP contribution is -2.27. The first-order valence-corrected chi connectivity index (χ1v) is 9.03. The number of hydrogen-bond donors (Lipinski definition) is 0. The summed E-state index contributed by atoms with van der Waals surface area (Å²) in [6.45, 7) is 0. The number of amides is 2. The zero-order valence-corrected chi connectivity index (χ0v) is 15.1. The van der Waals surface area contributed by atoms with Crippen molar-refractivity contribution in [1.82, 2.24) is 0 Å². The molecule has 0 bridgehead atoms. The third-order valence-corrected chi connectivity index (χ3v) is 4.94. The summed E-state index contributed by atoms with van der Waals surface area (Å²) < 4.78 is 5.67. The van der Waals surface area contributed by atoms with Gasteiger partial charge in [0.25, 0.3) is 16.8 Å². The van der Waals surface area contributed by atoms with Crippen molar-refractivity contribution in [1.29, 1.82) is 0 Å². The Morgan fingerprint density at radius 3 is 2.43 bits per heavy atom. The molecule has 8 heteroatoms. The van der Waals surface area contributed by atoms with Gasteiger partial charge < -0.3 is 4.42 Å². The van der Waals surface area contributed by atoms with E-state index in [1.54, 1.807) is 60.7 Å². The lowest BCUT2D eigenvalue weighted by atomic mass is 10.1. The zero-order chi connectivity index (χ0) is 19.7. The molecule has 0 unspecified atom stereocenters. The summed E-state index contributed by atoms with van der Waals surface area (Å²) in [6.07, 6.45) is 1.46. The quantitative estimate of drug-likeness (QED) is 0.348. The molecule has 2 aromatic carbocycles. The van der Waals surface area contributed by atoms with Gasteiger partial charge in [-0.15, -0.1) is 0 Å². The van der Waals surface area contributed by atoms with E-state index in [1.165, 1.54) is 12.1 Å². The van der Waals surface area contributed by atoms with E-state index in [0.29, 0.717) is 22.8 Å². The fourth-order valence-electron chi connectivity index (χ4n) is 2.81. The number of nitro benzene ring substituents is 1. The summed E-state index contributed by atoms with van der Waals surface area (Å²) in [5.74, 6) is 0.192. The Hall–Kier alpha value is -3.65. The van der Waals surface area contributed by atoms with E-state index in [4.69, 9.17) is 4.42 Å². The van der Waals surface area contributed by atoms with Crippen molar-refractivity contribution in [3.63, 3.8) is 0 Å². The number of benzene rings is 2. The van der Waals surface area contributed by atoms with E-state index in [0.717, 1.165) is 16.7 Å². The lowest BCUT2D eigenvalue weighted by molar-refractivity contribution is -0.384. The van der Waals surface area contributed by atoms with Gasteiger partial charge in [0.2, 0.25) is 0 Å². The number of nitro groups is 1.